The fourth-order valence-corrected chi connectivity index (χ4v) is 1.53. The second-order valence-electron chi connectivity index (χ2n) is 3.13. The Kier molecular flexibility index (Phi) is 2.02. The molecule has 1 aromatic heterocycles. The number of H-pyrrole nitrogens is 1. The monoisotopic (exact) mass is 195 g/mol. The molecule has 0 aliphatic carbocycles. The van der Waals surface area contributed by atoms with Crippen molar-refractivity contribution in [1.82, 2.24) is 4.98 Å². The van der Waals surface area contributed by atoms with E-state index in [1.54, 1.807) is 6.92 Å². The first kappa shape index (κ1) is 8.60. The fourth-order valence-electron chi connectivity index (χ4n) is 1.35. The summed E-state index contributed by atoms with van der Waals surface area (Å²) in [6.07, 6.45) is -0.467. The quantitative estimate of drug-likeness (QED) is 0.721. The highest BCUT2D eigenvalue weighted by molar-refractivity contribution is 6.31. The average Bonchev–Trinajstić information content (AvgIpc) is 2.46. The molecule has 2 aromatic rings. The van der Waals surface area contributed by atoms with Crippen LogP contribution in [0.3, 0.4) is 0 Å². The first-order chi connectivity index (χ1) is 6.16. The Labute approximate surface area is 81.1 Å². The van der Waals surface area contributed by atoms with Crippen LogP contribution in [0.5, 0.6) is 0 Å². The summed E-state index contributed by atoms with van der Waals surface area (Å²) in [6, 6.07) is 7.51. The lowest BCUT2D eigenvalue weighted by Crippen LogP contribution is -1.88. The summed E-state index contributed by atoms with van der Waals surface area (Å²) in [5.41, 5.74) is 1.82. The molecule has 0 saturated heterocycles. The van der Waals surface area contributed by atoms with Gasteiger partial charge in [-0.25, -0.2) is 0 Å². The molecule has 0 unspecified atom stereocenters. The maximum absolute atomic E-state index is 9.33. The van der Waals surface area contributed by atoms with Crippen molar-refractivity contribution in [2.24, 2.45) is 0 Å². The predicted molar refractivity (Wildman–Crippen MR) is 53.9 cm³/mol. The van der Waals surface area contributed by atoms with Gasteiger partial charge in [0.05, 0.1) is 6.10 Å². The second-order valence-corrected chi connectivity index (χ2v) is 3.57. The Morgan fingerprint density at radius 2 is 2.15 bits per heavy atom. The van der Waals surface area contributed by atoms with Crippen molar-refractivity contribution < 1.29 is 5.11 Å². The van der Waals surface area contributed by atoms with Crippen LogP contribution < -0.4 is 0 Å². The lowest BCUT2D eigenvalue weighted by atomic mass is 10.2. The Morgan fingerprint density at radius 1 is 1.38 bits per heavy atom. The Bertz CT molecular complexity index is 433. The number of aliphatic hydroxyl groups excluding tert-OH is 1. The number of hydrogen-bond acceptors (Lipinski definition) is 1. The Morgan fingerprint density at radius 3 is 2.85 bits per heavy atom. The van der Waals surface area contributed by atoms with E-state index in [2.05, 4.69) is 4.98 Å². The summed E-state index contributed by atoms with van der Waals surface area (Å²) < 4.78 is 0. The van der Waals surface area contributed by atoms with E-state index >= 15 is 0 Å². The van der Waals surface area contributed by atoms with Gasteiger partial charge in [0.2, 0.25) is 0 Å². The molecular formula is C10H10ClNO. The number of aromatic nitrogens is 1. The van der Waals surface area contributed by atoms with Crippen LogP contribution in [-0.4, -0.2) is 10.1 Å². The van der Waals surface area contributed by atoms with Gasteiger partial charge < -0.3 is 10.1 Å². The van der Waals surface area contributed by atoms with E-state index in [1.807, 2.05) is 24.3 Å². The molecular weight excluding hydrogens is 186 g/mol. The molecule has 0 saturated carbocycles. The number of hydrogen-bond donors (Lipinski definition) is 2. The standard InChI is InChI=1S/C10H10ClNO/c1-6(13)10-5-7-4-8(11)2-3-9(7)12-10/h2-6,12-13H,1H3/t6-/m1/s1. The molecule has 2 N–H and O–H groups in total. The zero-order valence-electron chi connectivity index (χ0n) is 7.21. The first-order valence-corrected chi connectivity index (χ1v) is 4.51. The van der Waals surface area contributed by atoms with Crippen molar-refractivity contribution in [2.75, 3.05) is 0 Å². The molecule has 68 valence electrons. The van der Waals surface area contributed by atoms with Crippen LogP contribution in [0.4, 0.5) is 0 Å². The number of halogens is 1. The summed E-state index contributed by atoms with van der Waals surface area (Å²) >= 11 is 5.83. The molecule has 0 amide bonds. The van der Waals surface area contributed by atoms with Gasteiger partial charge in [-0.1, -0.05) is 11.6 Å². The average molecular weight is 196 g/mol. The van der Waals surface area contributed by atoms with Gasteiger partial charge in [0.15, 0.2) is 0 Å². The lowest BCUT2D eigenvalue weighted by molar-refractivity contribution is 0.195. The van der Waals surface area contributed by atoms with Gasteiger partial charge >= 0.3 is 0 Å². The smallest absolute Gasteiger partial charge is 0.0910 e. The molecule has 13 heavy (non-hydrogen) atoms. The van der Waals surface area contributed by atoms with Gasteiger partial charge in [0, 0.05) is 21.6 Å². The summed E-state index contributed by atoms with van der Waals surface area (Å²) in [5.74, 6) is 0. The summed E-state index contributed by atoms with van der Waals surface area (Å²) in [7, 11) is 0. The fraction of sp³-hybridized carbons (Fsp3) is 0.200. The Balaban J connectivity index is 2.62. The molecule has 0 aliphatic rings. The number of fused-ring (bicyclic) bond motifs is 1. The lowest BCUT2D eigenvalue weighted by Gasteiger charge is -1.97. The van der Waals surface area contributed by atoms with Crippen LogP contribution in [0.15, 0.2) is 24.3 Å². The van der Waals surface area contributed by atoms with E-state index in [-0.39, 0.29) is 0 Å². The van der Waals surface area contributed by atoms with Crippen LogP contribution in [0, 0.1) is 0 Å². The van der Waals surface area contributed by atoms with Gasteiger partial charge in [0.25, 0.3) is 0 Å². The minimum Gasteiger partial charge on any atom is -0.387 e. The number of nitrogens with one attached hydrogen (secondary N) is 1. The second kappa shape index (κ2) is 3.05. The molecule has 0 bridgehead atoms. The van der Waals surface area contributed by atoms with Gasteiger partial charge in [-0.15, -0.1) is 0 Å². The van der Waals surface area contributed by atoms with Gasteiger partial charge in [-0.3, -0.25) is 0 Å². The predicted octanol–water partition coefficient (Wildman–Crippen LogP) is 2.87. The molecule has 2 nitrogen and oxygen atoms in total. The van der Waals surface area contributed by atoms with Gasteiger partial charge in [-0.2, -0.15) is 0 Å². The van der Waals surface area contributed by atoms with Crippen LogP contribution in [0.1, 0.15) is 18.7 Å². The van der Waals surface area contributed by atoms with Crippen molar-refractivity contribution in [1.29, 1.82) is 0 Å². The van der Waals surface area contributed by atoms with Gasteiger partial charge in [0.1, 0.15) is 0 Å². The van der Waals surface area contributed by atoms with Crippen molar-refractivity contribution in [2.45, 2.75) is 13.0 Å². The SMILES string of the molecule is C[C@@H](O)c1cc2cc(Cl)ccc2[nH]1. The van der Waals surface area contributed by atoms with E-state index in [4.69, 9.17) is 11.6 Å². The summed E-state index contributed by atoms with van der Waals surface area (Å²) in [5, 5.41) is 11.1. The third kappa shape index (κ3) is 1.55. The minimum absolute atomic E-state index is 0.467. The third-order valence-electron chi connectivity index (χ3n) is 2.05. The third-order valence-corrected chi connectivity index (χ3v) is 2.29. The zero-order chi connectivity index (χ0) is 9.42. The van der Waals surface area contributed by atoms with E-state index in [0.717, 1.165) is 16.6 Å². The maximum Gasteiger partial charge on any atom is 0.0910 e. The van der Waals surface area contributed by atoms with Crippen LogP contribution in [-0.2, 0) is 0 Å². The Hall–Kier alpha value is -0.990. The first-order valence-electron chi connectivity index (χ1n) is 4.13. The molecule has 0 fully saturated rings. The zero-order valence-corrected chi connectivity index (χ0v) is 7.97. The molecule has 1 heterocycles. The largest absolute Gasteiger partial charge is 0.387 e. The number of aliphatic hydroxyl groups is 1. The van der Waals surface area contributed by atoms with Crippen molar-refractivity contribution in [3.05, 3.63) is 35.0 Å². The van der Waals surface area contributed by atoms with E-state index in [1.165, 1.54) is 0 Å². The number of rotatable bonds is 1. The summed E-state index contributed by atoms with van der Waals surface area (Å²) in [4.78, 5) is 3.11. The molecule has 1 aromatic carbocycles. The van der Waals surface area contributed by atoms with E-state index < -0.39 is 6.10 Å². The van der Waals surface area contributed by atoms with Crippen molar-refractivity contribution in [3.8, 4) is 0 Å². The molecule has 0 spiro atoms. The maximum atomic E-state index is 9.33. The van der Waals surface area contributed by atoms with Crippen LogP contribution in [0.2, 0.25) is 5.02 Å². The highest BCUT2D eigenvalue weighted by Gasteiger charge is 2.05. The van der Waals surface area contributed by atoms with Gasteiger partial charge in [-0.05, 0) is 31.2 Å². The van der Waals surface area contributed by atoms with Crippen LogP contribution in [0.25, 0.3) is 10.9 Å². The van der Waals surface area contributed by atoms with Crippen molar-refractivity contribution in [3.63, 3.8) is 0 Å². The highest BCUT2D eigenvalue weighted by atomic mass is 35.5. The molecule has 1 atom stereocenters. The molecule has 2 rings (SSSR count). The molecule has 0 aliphatic heterocycles. The summed E-state index contributed by atoms with van der Waals surface area (Å²) in [6.45, 7) is 1.73. The van der Waals surface area contributed by atoms with Crippen LogP contribution >= 0.6 is 11.6 Å². The van der Waals surface area contributed by atoms with E-state index in [0.29, 0.717) is 5.02 Å². The molecule has 0 radical (unpaired) electrons. The normalized spacial score (nSPS) is 13.5. The number of aromatic amines is 1. The minimum atomic E-state index is -0.467. The molecule has 3 heteroatoms. The van der Waals surface area contributed by atoms with E-state index in [9.17, 15) is 5.11 Å². The number of benzene rings is 1. The topological polar surface area (TPSA) is 36.0 Å². The van der Waals surface area contributed by atoms with Crippen molar-refractivity contribution >= 4 is 22.5 Å². The highest BCUT2D eigenvalue weighted by Crippen LogP contribution is 2.22.